The number of carbonyl (C=O) groups is 1. The first kappa shape index (κ1) is 17.8. The molecule has 0 aliphatic rings. The molecule has 0 aliphatic heterocycles. The summed E-state index contributed by atoms with van der Waals surface area (Å²) in [5.74, 6) is -0.864. The number of amides is 1. The summed E-state index contributed by atoms with van der Waals surface area (Å²) in [7, 11) is 0. The van der Waals surface area contributed by atoms with Gasteiger partial charge in [0, 0.05) is 23.5 Å². The summed E-state index contributed by atoms with van der Waals surface area (Å²) in [4.78, 5) is 15.9. The molecule has 0 saturated carbocycles. The van der Waals surface area contributed by atoms with Gasteiger partial charge in [-0.3, -0.25) is 4.79 Å². The molecule has 0 unspecified atom stereocenters. The third-order valence-electron chi connectivity index (χ3n) is 2.67. The van der Waals surface area contributed by atoms with Crippen molar-refractivity contribution in [2.75, 3.05) is 10.6 Å². The highest BCUT2D eigenvalue weighted by Gasteiger charge is 2.33. The van der Waals surface area contributed by atoms with E-state index in [0.717, 1.165) is 12.3 Å². The Morgan fingerprint density at radius 2 is 2.17 bits per heavy atom. The molecule has 124 valence electrons. The molecule has 0 spiro atoms. The molecule has 10 heteroatoms. The normalized spacial score (nSPS) is 11.7. The van der Waals surface area contributed by atoms with Crippen LogP contribution in [0.5, 0.6) is 0 Å². The van der Waals surface area contributed by atoms with Crippen LogP contribution in [0.3, 0.4) is 0 Å². The fourth-order valence-corrected chi connectivity index (χ4v) is 2.32. The predicted octanol–water partition coefficient (Wildman–Crippen LogP) is 4.27. The van der Waals surface area contributed by atoms with Gasteiger partial charge < -0.3 is 10.6 Å². The minimum Gasteiger partial charge on any atom is -0.337 e. The third-order valence-corrected chi connectivity index (χ3v) is 3.70. The van der Waals surface area contributed by atoms with Gasteiger partial charge in [-0.25, -0.2) is 4.98 Å². The number of halogens is 4. The number of carbonyl (C=O) groups excluding carboxylic acids is 1. The maximum atomic E-state index is 12.8. The highest BCUT2D eigenvalue weighted by Crippen LogP contribution is 2.36. The van der Waals surface area contributed by atoms with Gasteiger partial charge in [0.1, 0.15) is 11.6 Å². The molecule has 0 atom stereocenters. The lowest BCUT2D eigenvalue weighted by Gasteiger charge is -2.11. The fourth-order valence-electron chi connectivity index (χ4n) is 1.60. The SMILES string of the molecule is N#C/C(=C/Nc1nccs1)C(=O)Nc1ccc(Cl)c(C(F)(F)F)c1. The first-order valence-corrected chi connectivity index (χ1v) is 7.51. The van der Waals surface area contributed by atoms with Crippen molar-refractivity contribution in [3.8, 4) is 6.07 Å². The number of rotatable bonds is 4. The van der Waals surface area contributed by atoms with Crippen LogP contribution in [0.1, 0.15) is 5.56 Å². The molecular weight excluding hydrogens is 365 g/mol. The Morgan fingerprint density at radius 1 is 1.42 bits per heavy atom. The number of alkyl halides is 3. The third kappa shape index (κ3) is 4.47. The van der Waals surface area contributed by atoms with Gasteiger partial charge in [-0.1, -0.05) is 11.6 Å². The second-order valence-electron chi connectivity index (χ2n) is 4.30. The molecule has 5 nitrogen and oxygen atoms in total. The molecule has 1 aromatic heterocycles. The van der Waals surface area contributed by atoms with Gasteiger partial charge in [-0.15, -0.1) is 11.3 Å². The Labute approximate surface area is 143 Å². The van der Waals surface area contributed by atoms with Crippen LogP contribution >= 0.6 is 22.9 Å². The number of hydrogen-bond acceptors (Lipinski definition) is 5. The lowest BCUT2D eigenvalue weighted by molar-refractivity contribution is -0.137. The van der Waals surface area contributed by atoms with Crippen LogP contribution in [-0.2, 0) is 11.0 Å². The molecule has 0 saturated heterocycles. The number of nitrogens with one attached hydrogen (secondary N) is 2. The van der Waals surface area contributed by atoms with E-state index in [2.05, 4.69) is 15.6 Å². The molecule has 0 bridgehead atoms. The highest BCUT2D eigenvalue weighted by atomic mass is 35.5. The van der Waals surface area contributed by atoms with E-state index in [1.807, 2.05) is 0 Å². The zero-order chi connectivity index (χ0) is 17.7. The van der Waals surface area contributed by atoms with Crippen LogP contribution < -0.4 is 10.6 Å². The van der Waals surface area contributed by atoms with E-state index in [-0.39, 0.29) is 11.3 Å². The Kier molecular flexibility index (Phi) is 5.43. The number of benzene rings is 1. The van der Waals surface area contributed by atoms with Crippen molar-refractivity contribution < 1.29 is 18.0 Å². The van der Waals surface area contributed by atoms with E-state index in [9.17, 15) is 18.0 Å². The van der Waals surface area contributed by atoms with Crippen molar-refractivity contribution in [2.45, 2.75) is 6.18 Å². The lowest BCUT2D eigenvalue weighted by Crippen LogP contribution is -2.15. The van der Waals surface area contributed by atoms with Crippen molar-refractivity contribution >= 4 is 39.7 Å². The number of hydrogen-bond donors (Lipinski definition) is 2. The number of anilines is 2. The molecule has 24 heavy (non-hydrogen) atoms. The molecular formula is C14H8ClF3N4OS. The maximum Gasteiger partial charge on any atom is 0.417 e. The Morgan fingerprint density at radius 3 is 2.75 bits per heavy atom. The second kappa shape index (κ2) is 7.33. The molecule has 2 aromatic rings. The predicted molar refractivity (Wildman–Crippen MR) is 84.5 cm³/mol. The highest BCUT2D eigenvalue weighted by molar-refractivity contribution is 7.13. The average Bonchev–Trinajstić information content (AvgIpc) is 3.02. The van der Waals surface area contributed by atoms with Crippen LogP contribution in [0.15, 0.2) is 41.5 Å². The average molecular weight is 373 g/mol. The standard InChI is InChI=1S/C14H8ClF3N4OS/c15-11-2-1-9(5-10(11)14(16,17)18)22-12(23)8(6-19)7-21-13-20-3-4-24-13/h1-5,7H,(H,20,21)(H,22,23)/b8-7-. The molecule has 0 radical (unpaired) electrons. The maximum absolute atomic E-state index is 12.8. The number of aromatic nitrogens is 1. The van der Waals surface area contributed by atoms with Crippen molar-refractivity contribution in [3.63, 3.8) is 0 Å². The summed E-state index contributed by atoms with van der Waals surface area (Å²) in [6.07, 6.45) is -2.01. The minimum atomic E-state index is -4.65. The van der Waals surface area contributed by atoms with Crippen molar-refractivity contribution in [3.05, 3.63) is 52.1 Å². The van der Waals surface area contributed by atoms with Gasteiger partial charge in [-0.05, 0) is 18.2 Å². The van der Waals surface area contributed by atoms with E-state index < -0.39 is 22.7 Å². The quantitative estimate of drug-likeness (QED) is 0.620. The molecule has 1 amide bonds. The molecule has 2 N–H and O–H groups in total. The van der Waals surface area contributed by atoms with E-state index in [1.54, 1.807) is 11.4 Å². The second-order valence-corrected chi connectivity index (χ2v) is 5.60. The summed E-state index contributed by atoms with van der Waals surface area (Å²) < 4.78 is 38.4. The van der Waals surface area contributed by atoms with Gasteiger partial charge in [0.25, 0.3) is 5.91 Å². The van der Waals surface area contributed by atoms with E-state index in [1.165, 1.54) is 23.6 Å². The fraction of sp³-hybridized carbons (Fsp3) is 0.0714. The van der Waals surface area contributed by atoms with E-state index >= 15 is 0 Å². The molecule has 1 aromatic carbocycles. The lowest BCUT2D eigenvalue weighted by atomic mass is 10.2. The van der Waals surface area contributed by atoms with Crippen LogP contribution in [0, 0.1) is 11.3 Å². The monoisotopic (exact) mass is 372 g/mol. The number of nitriles is 1. The first-order chi connectivity index (χ1) is 11.3. The van der Waals surface area contributed by atoms with Crippen LogP contribution in [0.2, 0.25) is 5.02 Å². The van der Waals surface area contributed by atoms with Gasteiger partial charge in [0.2, 0.25) is 0 Å². The zero-order valence-electron chi connectivity index (χ0n) is 11.7. The first-order valence-electron chi connectivity index (χ1n) is 6.25. The van der Waals surface area contributed by atoms with Crippen LogP contribution in [0.25, 0.3) is 0 Å². The number of nitrogens with zero attached hydrogens (tertiary/aromatic N) is 2. The molecule has 0 aliphatic carbocycles. The van der Waals surface area contributed by atoms with Gasteiger partial charge in [0.05, 0.1) is 10.6 Å². The Balaban J connectivity index is 2.16. The Hall–Kier alpha value is -2.57. The summed E-state index contributed by atoms with van der Waals surface area (Å²) in [6, 6.07) is 4.58. The summed E-state index contributed by atoms with van der Waals surface area (Å²) in [6.45, 7) is 0. The summed E-state index contributed by atoms with van der Waals surface area (Å²) in [5.41, 5.74) is -1.54. The largest absolute Gasteiger partial charge is 0.417 e. The van der Waals surface area contributed by atoms with Gasteiger partial charge in [0.15, 0.2) is 5.13 Å². The number of thiazole rings is 1. The van der Waals surface area contributed by atoms with Crippen molar-refractivity contribution in [1.82, 2.24) is 4.98 Å². The van der Waals surface area contributed by atoms with Gasteiger partial charge >= 0.3 is 6.18 Å². The van der Waals surface area contributed by atoms with Crippen LogP contribution in [-0.4, -0.2) is 10.9 Å². The van der Waals surface area contributed by atoms with Gasteiger partial charge in [-0.2, -0.15) is 18.4 Å². The summed E-state index contributed by atoms with van der Waals surface area (Å²) >= 11 is 6.75. The van der Waals surface area contributed by atoms with Crippen molar-refractivity contribution in [1.29, 1.82) is 5.26 Å². The zero-order valence-corrected chi connectivity index (χ0v) is 13.3. The topological polar surface area (TPSA) is 77.8 Å². The molecule has 2 rings (SSSR count). The minimum absolute atomic E-state index is 0.132. The Bertz CT molecular complexity index is 812. The molecule has 1 heterocycles. The smallest absolute Gasteiger partial charge is 0.337 e. The van der Waals surface area contributed by atoms with Crippen LogP contribution in [0.4, 0.5) is 24.0 Å². The summed E-state index contributed by atoms with van der Waals surface area (Å²) in [5, 5.41) is 15.5. The van der Waals surface area contributed by atoms with E-state index in [0.29, 0.717) is 11.2 Å². The van der Waals surface area contributed by atoms with Crippen molar-refractivity contribution in [2.24, 2.45) is 0 Å². The molecule has 0 fully saturated rings. The van der Waals surface area contributed by atoms with E-state index in [4.69, 9.17) is 16.9 Å².